The Labute approximate surface area is 128 Å². The van der Waals surface area contributed by atoms with Gasteiger partial charge < -0.3 is 15.0 Å². The van der Waals surface area contributed by atoms with E-state index in [9.17, 15) is 0 Å². The quantitative estimate of drug-likeness (QED) is 0.799. The lowest BCUT2D eigenvalue weighted by molar-refractivity contribution is 0.228. The summed E-state index contributed by atoms with van der Waals surface area (Å²) in [4.78, 5) is 6.85. The van der Waals surface area contributed by atoms with Crippen LogP contribution in [0.25, 0.3) is 0 Å². The Kier molecular flexibility index (Phi) is 6.46. The van der Waals surface area contributed by atoms with Gasteiger partial charge in [-0.05, 0) is 58.3 Å². The van der Waals surface area contributed by atoms with Crippen molar-refractivity contribution >= 4 is 0 Å². The molecule has 0 bridgehead atoms. The molecule has 0 saturated carbocycles. The fourth-order valence-electron chi connectivity index (χ4n) is 2.86. The molecule has 118 valence electrons. The molecule has 1 aliphatic rings. The van der Waals surface area contributed by atoms with Crippen molar-refractivity contribution in [1.29, 1.82) is 0 Å². The number of aromatic nitrogens is 1. The normalized spacial score (nSPS) is 20.6. The maximum Gasteiger partial charge on any atom is 0.213 e. The zero-order chi connectivity index (χ0) is 15.1. The van der Waals surface area contributed by atoms with E-state index in [2.05, 4.69) is 42.2 Å². The number of rotatable bonds is 8. The summed E-state index contributed by atoms with van der Waals surface area (Å²) in [5.74, 6) is 0.738. The van der Waals surface area contributed by atoms with E-state index in [0.29, 0.717) is 12.1 Å². The van der Waals surface area contributed by atoms with E-state index >= 15 is 0 Å². The summed E-state index contributed by atoms with van der Waals surface area (Å²) in [5, 5.41) is 3.47. The van der Waals surface area contributed by atoms with Crippen molar-refractivity contribution in [2.75, 3.05) is 26.7 Å². The minimum Gasteiger partial charge on any atom is -0.478 e. The SMILES string of the molecule is CCCNC(C)c1ccc(OCCC2CCCN2C)nc1. The number of nitrogens with one attached hydrogen (secondary N) is 1. The number of pyridine rings is 1. The average molecular weight is 291 g/mol. The summed E-state index contributed by atoms with van der Waals surface area (Å²) < 4.78 is 5.77. The standard InChI is InChI=1S/C17H29N3O/c1-4-10-18-14(2)15-7-8-17(19-13-15)21-12-9-16-6-5-11-20(16)3/h7-8,13-14,16,18H,4-6,9-12H2,1-3H3. The van der Waals surface area contributed by atoms with Gasteiger partial charge in [0.05, 0.1) is 6.61 Å². The van der Waals surface area contributed by atoms with Crippen molar-refractivity contribution in [1.82, 2.24) is 15.2 Å². The van der Waals surface area contributed by atoms with E-state index in [1.54, 1.807) is 0 Å². The molecule has 2 atom stereocenters. The van der Waals surface area contributed by atoms with Crippen LogP contribution in [0.2, 0.25) is 0 Å². The van der Waals surface area contributed by atoms with Crippen LogP contribution in [-0.2, 0) is 0 Å². The van der Waals surface area contributed by atoms with Crippen LogP contribution in [0.5, 0.6) is 5.88 Å². The summed E-state index contributed by atoms with van der Waals surface area (Å²) in [5.41, 5.74) is 1.21. The fraction of sp³-hybridized carbons (Fsp3) is 0.706. The number of hydrogen-bond acceptors (Lipinski definition) is 4. The minimum atomic E-state index is 0.346. The third-order valence-electron chi connectivity index (χ3n) is 4.33. The molecule has 1 aliphatic heterocycles. The highest BCUT2D eigenvalue weighted by molar-refractivity contribution is 5.20. The summed E-state index contributed by atoms with van der Waals surface area (Å²) in [6, 6.07) is 5.12. The molecule has 1 fully saturated rings. The van der Waals surface area contributed by atoms with E-state index in [4.69, 9.17) is 4.74 Å². The maximum atomic E-state index is 5.77. The van der Waals surface area contributed by atoms with Gasteiger partial charge in [0, 0.05) is 24.3 Å². The van der Waals surface area contributed by atoms with E-state index in [1.165, 1.54) is 24.9 Å². The van der Waals surface area contributed by atoms with E-state index in [-0.39, 0.29) is 0 Å². The molecule has 2 rings (SSSR count). The molecule has 1 aromatic rings. The van der Waals surface area contributed by atoms with Crippen molar-refractivity contribution in [2.24, 2.45) is 0 Å². The molecule has 4 nitrogen and oxygen atoms in total. The Morgan fingerprint density at radius 2 is 2.33 bits per heavy atom. The molecule has 0 radical (unpaired) electrons. The largest absolute Gasteiger partial charge is 0.478 e. The van der Waals surface area contributed by atoms with Crippen LogP contribution >= 0.6 is 0 Å². The van der Waals surface area contributed by atoms with Crippen LogP contribution < -0.4 is 10.1 Å². The molecule has 0 spiro atoms. The minimum absolute atomic E-state index is 0.346. The predicted octanol–water partition coefficient (Wildman–Crippen LogP) is 3.01. The van der Waals surface area contributed by atoms with Crippen LogP contribution in [-0.4, -0.2) is 42.7 Å². The van der Waals surface area contributed by atoms with Crippen molar-refractivity contribution in [3.8, 4) is 5.88 Å². The van der Waals surface area contributed by atoms with Gasteiger partial charge in [0.1, 0.15) is 0 Å². The molecule has 0 amide bonds. The number of hydrogen-bond donors (Lipinski definition) is 1. The molecule has 1 N–H and O–H groups in total. The van der Waals surface area contributed by atoms with Crippen LogP contribution in [0.1, 0.15) is 51.1 Å². The first kappa shape index (κ1) is 16.2. The summed E-state index contributed by atoms with van der Waals surface area (Å²) >= 11 is 0. The van der Waals surface area contributed by atoms with Gasteiger partial charge in [0.25, 0.3) is 0 Å². The van der Waals surface area contributed by atoms with Crippen molar-refractivity contribution in [3.05, 3.63) is 23.9 Å². The molecule has 2 unspecified atom stereocenters. The van der Waals surface area contributed by atoms with E-state index in [0.717, 1.165) is 31.9 Å². The zero-order valence-electron chi connectivity index (χ0n) is 13.6. The van der Waals surface area contributed by atoms with E-state index < -0.39 is 0 Å². The summed E-state index contributed by atoms with van der Waals surface area (Å²) in [6.07, 6.45) is 6.77. The lowest BCUT2D eigenvalue weighted by atomic mass is 10.1. The summed E-state index contributed by atoms with van der Waals surface area (Å²) in [6.45, 7) is 7.36. The highest BCUT2D eigenvalue weighted by Gasteiger charge is 2.20. The third-order valence-corrected chi connectivity index (χ3v) is 4.33. The van der Waals surface area contributed by atoms with Crippen molar-refractivity contribution in [2.45, 2.75) is 51.6 Å². The van der Waals surface area contributed by atoms with Crippen LogP contribution in [0.3, 0.4) is 0 Å². The third kappa shape index (κ3) is 4.97. The Morgan fingerprint density at radius 3 is 2.95 bits per heavy atom. The number of ether oxygens (including phenoxy) is 1. The van der Waals surface area contributed by atoms with Gasteiger partial charge in [-0.1, -0.05) is 13.0 Å². The molecular weight excluding hydrogens is 262 g/mol. The van der Waals surface area contributed by atoms with Crippen LogP contribution in [0, 0.1) is 0 Å². The summed E-state index contributed by atoms with van der Waals surface area (Å²) in [7, 11) is 2.20. The molecule has 0 aliphatic carbocycles. The van der Waals surface area contributed by atoms with Gasteiger partial charge in [0.2, 0.25) is 5.88 Å². The van der Waals surface area contributed by atoms with Crippen LogP contribution in [0.15, 0.2) is 18.3 Å². The molecular formula is C17H29N3O. The molecule has 1 aromatic heterocycles. The van der Waals surface area contributed by atoms with Gasteiger partial charge in [-0.3, -0.25) is 0 Å². The van der Waals surface area contributed by atoms with Gasteiger partial charge in [-0.25, -0.2) is 4.98 Å². The van der Waals surface area contributed by atoms with Gasteiger partial charge in [-0.15, -0.1) is 0 Å². The molecule has 0 aromatic carbocycles. The fourth-order valence-corrected chi connectivity index (χ4v) is 2.86. The van der Waals surface area contributed by atoms with Gasteiger partial charge in [-0.2, -0.15) is 0 Å². The monoisotopic (exact) mass is 291 g/mol. The van der Waals surface area contributed by atoms with Gasteiger partial charge >= 0.3 is 0 Å². The van der Waals surface area contributed by atoms with Gasteiger partial charge in [0.15, 0.2) is 0 Å². The second-order valence-electron chi connectivity index (χ2n) is 6.02. The van der Waals surface area contributed by atoms with Crippen LogP contribution in [0.4, 0.5) is 0 Å². The second kappa shape index (κ2) is 8.35. The first-order valence-corrected chi connectivity index (χ1v) is 8.23. The zero-order valence-corrected chi connectivity index (χ0v) is 13.6. The topological polar surface area (TPSA) is 37.4 Å². The lowest BCUT2D eigenvalue weighted by Crippen LogP contribution is -2.26. The smallest absolute Gasteiger partial charge is 0.213 e. The number of nitrogens with zero attached hydrogens (tertiary/aromatic N) is 2. The highest BCUT2D eigenvalue weighted by atomic mass is 16.5. The lowest BCUT2D eigenvalue weighted by Gasteiger charge is -2.19. The van der Waals surface area contributed by atoms with E-state index in [1.807, 2.05) is 12.3 Å². The molecule has 4 heteroatoms. The first-order valence-electron chi connectivity index (χ1n) is 8.23. The Balaban J connectivity index is 1.74. The maximum absolute atomic E-state index is 5.77. The predicted molar refractivity (Wildman–Crippen MR) is 86.7 cm³/mol. The Hall–Kier alpha value is -1.13. The van der Waals surface area contributed by atoms with Crippen molar-refractivity contribution in [3.63, 3.8) is 0 Å². The van der Waals surface area contributed by atoms with Crippen molar-refractivity contribution < 1.29 is 4.74 Å². The molecule has 2 heterocycles. The second-order valence-corrected chi connectivity index (χ2v) is 6.02. The average Bonchev–Trinajstić information content (AvgIpc) is 2.91. The first-order chi connectivity index (χ1) is 10.2. The Morgan fingerprint density at radius 1 is 1.48 bits per heavy atom. The molecule has 21 heavy (non-hydrogen) atoms. The highest BCUT2D eigenvalue weighted by Crippen LogP contribution is 2.19. The number of likely N-dealkylation sites (tertiary alicyclic amines) is 1. The Bertz CT molecular complexity index is 407. The molecule has 1 saturated heterocycles.